The molecule has 1 aromatic heterocycles. The van der Waals surface area contributed by atoms with E-state index in [0.717, 1.165) is 12.0 Å². The number of hydrogen-bond acceptors (Lipinski definition) is 4. The quantitative estimate of drug-likeness (QED) is 0.487. The molecule has 0 amide bonds. The van der Waals surface area contributed by atoms with Gasteiger partial charge in [0, 0.05) is 5.56 Å². The molecule has 0 aliphatic heterocycles. The summed E-state index contributed by atoms with van der Waals surface area (Å²) in [5.41, 5.74) is 12.1. The summed E-state index contributed by atoms with van der Waals surface area (Å²) in [5, 5.41) is 6.65. The maximum absolute atomic E-state index is 5.82. The Bertz CT molecular complexity index is 515. The molecule has 1 aromatic carbocycles. The Labute approximate surface area is 113 Å². The highest BCUT2D eigenvalue weighted by molar-refractivity contribution is 5.40. The number of nitrogen functional groups attached to an aromatic ring is 1. The SMILES string of the molecule is CC(C)c1ccc(CC(NN)c2cn[nH]c2N)cc1. The van der Waals surface area contributed by atoms with E-state index < -0.39 is 0 Å². The van der Waals surface area contributed by atoms with Crippen molar-refractivity contribution >= 4 is 5.82 Å². The van der Waals surface area contributed by atoms with Crippen LogP contribution in [0.3, 0.4) is 0 Å². The van der Waals surface area contributed by atoms with Gasteiger partial charge in [-0.2, -0.15) is 5.10 Å². The van der Waals surface area contributed by atoms with E-state index in [2.05, 4.69) is 53.7 Å². The lowest BCUT2D eigenvalue weighted by Crippen LogP contribution is -2.29. The van der Waals surface area contributed by atoms with Crippen LogP contribution in [-0.4, -0.2) is 10.2 Å². The van der Waals surface area contributed by atoms with Gasteiger partial charge < -0.3 is 5.73 Å². The maximum atomic E-state index is 5.82. The van der Waals surface area contributed by atoms with Crippen molar-refractivity contribution in [3.8, 4) is 0 Å². The molecule has 2 aromatic rings. The molecule has 1 unspecified atom stereocenters. The number of benzene rings is 1. The van der Waals surface area contributed by atoms with E-state index in [9.17, 15) is 0 Å². The Morgan fingerprint density at radius 3 is 2.42 bits per heavy atom. The van der Waals surface area contributed by atoms with Gasteiger partial charge in [0.1, 0.15) is 5.82 Å². The average molecular weight is 259 g/mol. The summed E-state index contributed by atoms with van der Waals surface area (Å²) in [5.74, 6) is 6.71. The molecule has 0 fully saturated rings. The van der Waals surface area contributed by atoms with Crippen molar-refractivity contribution < 1.29 is 0 Å². The number of aromatic nitrogens is 2. The lowest BCUT2D eigenvalue weighted by molar-refractivity contribution is 0.553. The van der Waals surface area contributed by atoms with Crippen molar-refractivity contribution in [3.05, 3.63) is 47.2 Å². The van der Waals surface area contributed by atoms with Crippen molar-refractivity contribution in [2.45, 2.75) is 32.2 Å². The first kappa shape index (κ1) is 13.6. The van der Waals surface area contributed by atoms with Crippen LogP contribution in [0.2, 0.25) is 0 Å². The van der Waals surface area contributed by atoms with Crippen LogP contribution >= 0.6 is 0 Å². The molecule has 102 valence electrons. The minimum absolute atomic E-state index is 0.0383. The van der Waals surface area contributed by atoms with Gasteiger partial charge in [-0.3, -0.25) is 16.4 Å². The molecule has 0 aliphatic rings. The topological polar surface area (TPSA) is 92.7 Å². The summed E-state index contributed by atoms with van der Waals surface area (Å²) in [6.07, 6.45) is 2.49. The predicted molar refractivity (Wildman–Crippen MR) is 77.3 cm³/mol. The summed E-state index contributed by atoms with van der Waals surface area (Å²) in [4.78, 5) is 0. The minimum Gasteiger partial charge on any atom is -0.384 e. The van der Waals surface area contributed by atoms with Crippen molar-refractivity contribution in [1.29, 1.82) is 0 Å². The molecular weight excluding hydrogens is 238 g/mol. The van der Waals surface area contributed by atoms with Crippen LogP contribution in [0.1, 0.15) is 42.5 Å². The Hall–Kier alpha value is -1.85. The van der Waals surface area contributed by atoms with Gasteiger partial charge in [0.15, 0.2) is 0 Å². The highest BCUT2D eigenvalue weighted by Gasteiger charge is 2.15. The molecule has 1 atom stereocenters. The number of rotatable bonds is 5. The van der Waals surface area contributed by atoms with Crippen molar-refractivity contribution in [3.63, 3.8) is 0 Å². The Balaban J connectivity index is 2.13. The zero-order valence-electron chi connectivity index (χ0n) is 11.4. The molecule has 2 rings (SSSR count). The van der Waals surface area contributed by atoms with Gasteiger partial charge in [-0.15, -0.1) is 0 Å². The zero-order chi connectivity index (χ0) is 13.8. The molecule has 0 spiro atoms. The standard InChI is InChI=1S/C14H21N5/c1-9(2)11-5-3-10(4-6-11)7-13(18-16)12-8-17-19-14(12)15/h3-6,8-9,13,18H,7,16H2,1-2H3,(H3,15,17,19). The Kier molecular flexibility index (Phi) is 4.19. The van der Waals surface area contributed by atoms with E-state index >= 15 is 0 Å². The van der Waals surface area contributed by atoms with Crippen LogP contribution in [0, 0.1) is 0 Å². The second-order valence-electron chi connectivity index (χ2n) is 5.06. The molecular formula is C14H21N5. The van der Waals surface area contributed by atoms with Crippen LogP contribution in [0.5, 0.6) is 0 Å². The lowest BCUT2D eigenvalue weighted by atomic mass is 9.97. The fourth-order valence-corrected chi connectivity index (χ4v) is 2.12. The van der Waals surface area contributed by atoms with E-state index in [-0.39, 0.29) is 6.04 Å². The summed E-state index contributed by atoms with van der Waals surface area (Å²) in [7, 11) is 0. The fourth-order valence-electron chi connectivity index (χ4n) is 2.12. The van der Waals surface area contributed by atoms with Gasteiger partial charge in [-0.25, -0.2) is 0 Å². The van der Waals surface area contributed by atoms with Crippen molar-refractivity contribution in [2.24, 2.45) is 5.84 Å². The molecule has 19 heavy (non-hydrogen) atoms. The zero-order valence-corrected chi connectivity index (χ0v) is 11.4. The number of nitrogens with zero attached hydrogens (tertiary/aromatic N) is 1. The van der Waals surface area contributed by atoms with Gasteiger partial charge in [-0.1, -0.05) is 38.1 Å². The normalized spacial score (nSPS) is 12.8. The van der Waals surface area contributed by atoms with E-state index in [4.69, 9.17) is 11.6 Å². The van der Waals surface area contributed by atoms with Gasteiger partial charge in [0.25, 0.3) is 0 Å². The second-order valence-corrected chi connectivity index (χ2v) is 5.06. The lowest BCUT2D eigenvalue weighted by Gasteiger charge is -2.15. The molecule has 0 radical (unpaired) electrons. The number of H-pyrrole nitrogens is 1. The number of nitrogens with one attached hydrogen (secondary N) is 2. The number of nitrogens with two attached hydrogens (primary N) is 2. The van der Waals surface area contributed by atoms with Gasteiger partial charge in [0.2, 0.25) is 0 Å². The molecule has 5 nitrogen and oxygen atoms in total. The molecule has 6 N–H and O–H groups in total. The van der Waals surface area contributed by atoms with Crippen LogP contribution in [-0.2, 0) is 6.42 Å². The smallest absolute Gasteiger partial charge is 0.123 e. The average Bonchev–Trinajstić information content (AvgIpc) is 2.83. The first-order valence-corrected chi connectivity index (χ1v) is 6.45. The minimum atomic E-state index is -0.0383. The van der Waals surface area contributed by atoms with Gasteiger partial charge in [-0.05, 0) is 23.5 Å². The third-order valence-electron chi connectivity index (χ3n) is 3.36. The highest BCUT2D eigenvalue weighted by Crippen LogP contribution is 2.22. The summed E-state index contributed by atoms with van der Waals surface area (Å²) < 4.78 is 0. The highest BCUT2D eigenvalue weighted by atomic mass is 15.2. The third kappa shape index (κ3) is 3.13. The van der Waals surface area contributed by atoms with E-state index in [1.807, 2.05) is 0 Å². The Morgan fingerprint density at radius 1 is 1.26 bits per heavy atom. The largest absolute Gasteiger partial charge is 0.384 e. The fraction of sp³-hybridized carbons (Fsp3) is 0.357. The van der Waals surface area contributed by atoms with Crippen LogP contribution in [0.15, 0.2) is 30.5 Å². The van der Waals surface area contributed by atoms with Gasteiger partial charge >= 0.3 is 0 Å². The van der Waals surface area contributed by atoms with Crippen molar-refractivity contribution in [1.82, 2.24) is 15.6 Å². The van der Waals surface area contributed by atoms with Gasteiger partial charge in [0.05, 0.1) is 12.2 Å². The van der Waals surface area contributed by atoms with E-state index in [0.29, 0.717) is 11.7 Å². The van der Waals surface area contributed by atoms with Crippen LogP contribution in [0.4, 0.5) is 5.82 Å². The third-order valence-corrected chi connectivity index (χ3v) is 3.36. The summed E-state index contributed by atoms with van der Waals surface area (Å²) in [6, 6.07) is 8.55. The predicted octanol–water partition coefficient (Wildman–Crippen LogP) is 1.86. The maximum Gasteiger partial charge on any atom is 0.123 e. The first-order valence-electron chi connectivity index (χ1n) is 6.45. The summed E-state index contributed by atoms with van der Waals surface area (Å²) >= 11 is 0. The number of hydrazine groups is 1. The van der Waals surface area contributed by atoms with E-state index in [1.54, 1.807) is 6.20 Å². The second kappa shape index (κ2) is 5.86. The first-order chi connectivity index (χ1) is 9.11. The molecule has 0 saturated carbocycles. The van der Waals surface area contributed by atoms with Crippen molar-refractivity contribution in [2.75, 3.05) is 5.73 Å². The van der Waals surface area contributed by atoms with E-state index in [1.165, 1.54) is 11.1 Å². The molecule has 1 heterocycles. The number of anilines is 1. The summed E-state index contributed by atoms with van der Waals surface area (Å²) in [6.45, 7) is 4.37. The monoisotopic (exact) mass is 259 g/mol. The molecule has 0 aliphatic carbocycles. The van der Waals surface area contributed by atoms with Crippen LogP contribution < -0.4 is 17.0 Å². The molecule has 5 heteroatoms. The number of aromatic amines is 1. The molecule has 0 bridgehead atoms. The Morgan fingerprint density at radius 2 is 1.95 bits per heavy atom. The number of hydrogen-bond donors (Lipinski definition) is 4. The van der Waals surface area contributed by atoms with Crippen LogP contribution in [0.25, 0.3) is 0 Å². The molecule has 0 saturated heterocycles.